The van der Waals surface area contributed by atoms with Gasteiger partial charge in [0.15, 0.2) is 0 Å². The molecule has 154 valence electrons. The Hall–Kier alpha value is -4.26. The minimum absolute atomic E-state index is 0.00422. The van der Waals surface area contributed by atoms with E-state index in [1.165, 1.54) is 29.4 Å². The molecule has 1 aromatic heterocycles. The predicted molar refractivity (Wildman–Crippen MR) is 112 cm³/mol. The van der Waals surface area contributed by atoms with Gasteiger partial charge in [0.25, 0.3) is 11.7 Å². The van der Waals surface area contributed by atoms with Gasteiger partial charge in [0.05, 0.1) is 17.2 Å². The number of likely N-dealkylation sites (tertiary alicyclic amines) is 1. The van der Waals surface area contributed by atoms with Gasteiger partial charge in [-0.1, -0.05) is 42.5 Å². The highest BCUT2D eigenvalue weighted by atomic mass is 16.4. The molecule has 1 saturated heterocycles. The minimum Gasteiger partial charge on any atom is -0.507 e. The van der Waals surface area contributed by atoms with Crippen molar-refractivity contribution in [1.29, 1.82) is 0 Å². The van der Waals surface area contributed by atoms with Crippen molar-refractivity contribution in [2.24, 2.45) is 0 Å². The van der Waals surface area contributed by atoms with Crippen LogP contribution in [0.25, 0.3) is 5.76 Å². The van der Waals surface area contributed by atoms with Gasteiger partial charge in [-0.25, -0.2) is 4.79 Å². The summed E-state index contributed by atoms with van der Waals surface area (Å²) in [6.07, 6.45) is 2.99. The number of carboxylic acids is 1. The second kappa shape index (κ2) is 8.23. The van der Waals surface area contributed by atoms with E-state index in [1.807, 2.05) is 6.07 Å². The van der Waals surface area contributed by atoms with Crippen molar-refractivity contribution in [3.63, 3.8) is 0 Å². The van der Waals surface area contributed by atoms with E-state index in [4.69, 9.17) is 5.11 Å². The molecule has 0 saturated carbocycles. The van der Waals surface area contributed by atoms with E-state index in [1.54, 1.807) is 48.5 Å². The first-order chi connectivity index (χ1) is 15.0. The molecule has 0 aliphatic carbocycles. The van der Waals surface area contributed by atoms with Crippen molar-refractivity contribution < 1.29 is 24.6 Å². The molecule has 0 bridgehead atoms. The lowest BCUT2D eigenvalue weighted by Gasteiger charge is -2.25. The van der Waals surface area contributed by atoms with E-state index in [2.05, 4.69) is 4.98 Å². The Balaban J connectivity index is 1.79. The molecule has 1 atom stereocenters. The summed E-state index contributed by atoms with van der Waals surface area (Å²) in [5, 5.41) is 20.0. The van der Waals surface area contributed by atoms with Gasteiger partial charge < -0.3 is 15.1 Å². The summed E-state index contributed by atoms with van der Waals surface area (Å²) in [6, 6.07) is 17.4. The highest BCUT2D eigenvalue weighted by Crippen LogP contribution is 2.40. The maximum Gasteiger partial charge on any atom is 0.335 e. The number of pyridine rings is 1. The normalized spacial score (nSPS) is 17.7. The first-order valence-corrected chi connectivity index (χ1v) is 9.53. The number of carboxylic acid groups (broad SMARTS) is 1. The summed E-state index contributed by atoms with van der Waals surface area (Å²) in [5.41, 5.74) is 1.86. The zero-order chi connectivity index (χ0) is 22.0. The van der Waals surface area contributed by atoms with Crippen LogP contribution in [0.3, 0.4) is 0 Å². The summed E-state index contributed by atoms with van der Waals surface area (Å²) < 4.78 is 0. The van der Waals surface area contributed by atoms with Gasteiger partial charge in [-0.3, -0.25) is 14.6 Å². The van der Waals surface area contributed by atoms with Crippen molar-refractivity contribution in [2.45, 2.75) is 12.6 Å². The second-order valence-corrected chi connectivity index (χ2v) is 7.08. The number of carbonyl (C=O) groups excluding carboxylic acids is 2. The van der Waals surface area contributed by atoms with Gasteiger partial charge in [-0.05, 0) is 35.4 Å². The summed E-state index contributed by atoms with van der Waals surface area (Å²) in [4.78, 5) is 42.3. The number of Topliss-reactive ketones (excluding diaryl/α,β-unsaturated/α-hetero) is 1. The Morgan fingerprint density at radius 3 is 2.13 bits per heavy atom. The van der Waals surface area contributed by atoms with Gasteiger partial charge in [0.2, 0.25) is 0 Å². The minimum atomic E-state index is -1.05. The Kier molecular flexibility index (Phi) is 5.32. The molecule has 0 radical (unpaired) electrons. The van der Waals surface area contributed by atoms with Crippen LogP contribution in [0, 0.1) is 0 Å². The molecule has 2 N–H and O–H groups in total. The summed E-state index contributed by atoms with van der Waals surface area (Å²) in [7, 11) is 0. The number of carbonyl (C=O) groups is 3. The number of aliphatic hydroxyl groups is 1. The molecule has 1 aliphatic heterocycles. The lowest BCUT2D eigenvalue weighted by molar-refractivity contribution is -0.140. The average Bonchev–Trinajstić information content (AvgIpc) is 3.05. The Morgan fingerprint density at radius 2 is 1.52 bits per heavy atom. The van der Waals surface area contributed by atoms with E-state index >= 15 is 0 Å². The van der Waals surface area contributed by atoms with Crippen LogP contribution in [-0.2, 0) is 16.1 Å². The summed E-state index contributed by atoms with van der Waals surface area (Å²) in [6.45, 7) is 0.0805. The zero-order valence-electron chi connectivity index (χ0n) is 16.3. The number of aromatic carboxylic acids is 1. The maximum atomic E-state index is 12.9. The highest BCUT2D eigenvalue weighted by Gasteiger charge is 2.46. The SMILES string of the molecule is O=C1C(=O)N(Cc2ccc(C(=O)O)cc2)C(c2ccccc2)/C1=C(\O)c1ccncc1. The van der Waals surface area contributed by atoms with Crippen LogP contribution in [0.4, 0.5) is 0 Å². The summed E-state index contributed by atoms with van der Waals surface area (Å²) >= 11 is 0. The van der Waals surface area contributed by atoms with Gasteiger partial charge in [0.1, 0.15) is 5.76 Å². The number of rotatable bonds is 5. The van der Waals surface area contributed by atoms with Crippen LogP contribution in [0.2, 0.25) is 0 Å². The van der Waals surface area contributed by atoms with E-state index in [0.717, 1.165) is 0 Å². The number of amides is 1. The molecule has 4 rings (SSSR count). The molecule has 2 aromatic carbocycles. The third-order valence-corrected chi connectivity index (χ3v) is 5.16. The Morgan fingerprint density at radius 1 is 0.871 bits per heavy atom. The first kappa shape index (κ1) is 20.0. The molecule has 2 heterocycles. The fraction of sp³-hybridized carbons (Fsp3) is 0.0833. The van der Waals surface area contributed by atoms with Gasteiger partial charge >= 0.3 is 5.97 Å². The van der Waals surface area contributed by atoms with Crippen LogP contribution < -0.4 is 0 Å². The number of benzene rings is 2. The number of aliphatic hydroxyl groups excluding tert-OH is 1. The second-order valence-electron chi connectivity index (χ2n) is 7.08. The first-order valence-electron chi connectivity index (χ1n) is 9.53. The predicted octanol–water partition coefficient (Wildman–Crippen LogP) is 3.40. The van der Waals surface area contributed by atoms with Crippen molar-refractivity contribution in [1.82, 2.24) is 9.88 Å². The van der Waals surface area contributed by atoms with E-state index in [9.17, 15) is 19.5 Å². The van der Waals surface area contributed by atoms with Crippen LogP contribution in [0.15, 0.2) is 84.7 Å². The number of hydrogen-bond donors (Lipinski definition) is 2. The molecule has 1 unspecified atom stereocenters. The fourth-order valence-electron chi connectivity index (χ4n) is 3.64. The van der Waals surface area contributed by atoms with E-state index in [0.29, 0.717) is 16.7 Å². The number of ketones is 1. The van der Waals surface area contributed by atoms with Gasteiger partial charge in [-0.2, -0.15) is 0 Å². The Bertz CT molecular complexity index is 1170. The largest absolute Gasteiger partial charge is 0.507 e. The van der Waals surface area contributed by atoms with E-state index in [-0.39, 0.29) is 23.4 Å². The molecule has 7 nitrogen and oxygen atoms in total. The van der Waals surface area contributed by atoms with Gasteiger partial charge in [-0.15, -0.1) is 0 Å². The van der Waals surface area contributed by atoms with Gasteiger partial charge in [0, 0.05) is 24.5 Å². The number of nitrogens with zero attached hydrogens (tertiary/aromatic N) is 2. The van der Waals surface area contributed by atoms with Crippen molar-refractivity contribution in [3.8, 4) is 0 Å². The molecular weight excluding hydrogens is 396 g/mol. The quantitative estimate of drug-likeness (QED) is 0.376. The Labute approximate surface area is 177 Å². The maximum absolute atomic E-state index is 12.9. The lowest BCUT2D eigenvalue weighted by atomic mass is 9.95. The van der Waals surface area contributed by atoms with Crippen LogP contribution >= 0.6 is 0 Å². The standard InChI is InChI=1S/C24H18N2O5/c27-21(17-10-12-25-13-11-17)19-20(16-4-2-1-3-5-16)26(23(29)22(19)28)14-15-6-8-18(9-7-15)24(30)31/h1-13,20,27H,14H2,(H,30,31)/b21-19+. The molecule has 1 aliphatic rings. The third kappa shape index (κ3) is 3.81. The fourth-order valence-corrected chi connectivity index (χ4v) is 3.64. The molecule has 1 amide bonds. The highest BCUT2D eigenvalue weighted by molar-refractivity contribution is 6.46. The summed E-state index contributed by atoms with van der Waals surface area (Å²) in [5.74, 6) is -2.82. The van der Waals surface area contributed by atoms with Crippen LogP contribution in [-0.4, -0.2) is 37.8 Å². The number of hydrogen-bond acceptors (Lipinski definition) is 5. The molecule has 7 heteroatoms. The van der Waals surface area contributed by atoms with E-state index < -0.39 is 23.7 Å². The average molecular weight is 414 g/mol. The topological polar surface area (TPSA) is 108 Å². The monoisotopic (exact) mass is 414 g/mol. The van der Waals surface area contributed by atoms with Crippen molar-refractivity contribution in [2.75, 3.05) is 0 Å². The molecule has 1 fully saturated rings. The molecule has 0 spiro atoms. The lowest BCUT2D eigenvalue weighted by Crippen LogP contribution is -2.29. The smallest absolute Gasteiger partial charge is 0.335 e. The molecular formula is C24H18N2O5. The third-order valence-electron chi connectivity index (χ3n) is 5.16. The van der Waals surface area contributed by atoms with Crippen LogP contribution in [0.1, 0.15) is 33.1 Å². The van der Waals surface area contributed by atoms with Crippen LogP contribution in [0.5, 0.6) is 0 Å². The molecule has 3 aromatic rings. The van der Waals surface area contributed by atoms with Crippen molar-refractivity contribution >= 4 is 23.4 Å². The van der Waals surface area contributed by atoms with Crippen molar-refractivity contribution in [3.05, 3.63) is 107 Å². The molecule has 31 heavy (non-hydrogen) atoms. The zero-order valence-corrected chi connectivity index (χ0v) is 16.3. The number of aromatic nitrogens is 1.